The molecule has 1 aliphatic heterocycles. The average Bonchev–Trinajstić information content (AvgIpc) is 3.84. The molecule has 0 saturated carbocycles. The molecule has 0 amide bonds. The summed E-state index contributed by atoms with van der Waals surface area (Å²) in [5.41, 5.74) is 15.2. The molecule has 1 aromatic heterocycles. The molecule has 8 aromatic rings. The minimum Gasteiger partial charge on any atom is -0.454 e. The van der Waals surface area contributed by atoms with Crippen molar-refractivity contribution in [2.24, 2.45) is 0 Å². The third-order valence-electron chi connectivity index (χ3n) is 12.0. The van der Waals surface area contributed by atoms with E-state index >= 15 is 0 Å². The first-order chi connectivity index (χ1) is 26.3. The Bertz CT molecular complexity index is 2820. The fraction of sp³-hybridized carbons (Fsp3) is 0.102. The van der Waals surface area contributed by atoms with Crippen LogP contribution in [0, 0.1) is 0 Å². The second kappa shape index (κ2) is 10.8. The normalized spacial score (nSPS) is 15.6. The van der Waals surface area contributed by atoms with Crippen molar-refractivity contribution in [2.45, 2.75) is 31.1 Å². The van der Waals surface area contributed by atoms with Gasteiger partial charge in [-0.15, -0.1) is 0 Å². The van der Waals surface area contributed by atoms with Gasteiger partial charge in [0.15, 0.2) is 28.6 Å². The smallest absolute Gasteiger partial charge is 0.194 e. The molecule has 0 fully saturated rings. The third-order valence-corrected chi connectivity index (χ3v) is 12.0. The molecule has 0 N–H and O–H groups in total. The van der Waals surface area contributed by atoms with Crippen molar-refractivity contribution in [3.05, 3.63) is 179 Å². The summed E-state index contributed by atoms with van der Waals surface area (Å²) in [6.07, 6.45) is 4.55. The van der Waals surface area contributed by atoms with E-state index in [4.69, 9.17) is 13.9 Å². The van der Waals surface area contributed by atoms with Crippen LogP contribution >= 0.6 is 0 Å². The number of hydrogen-bond donors (Lipinski definition) is 0. The van der Waals surface area contributed by atoms with E-state index < -0.39 is 0 Å². The van der Waals surface area contributed by atoms with E-state index in [-0.39, 0.29) is 5.41 Å². The van der Waals surface area contributed by atoms with Crippen molar-refractivity contribution < 1.29 is 13.9 Å². The van der Waals surface area contributed by atoms with Gasteiger partial charge in [-0.1, -0.05) is 103 Å². The summed E-state index contributed by atoms with van der Waals surface area (Å²) in [4.78, 5) is 2.23. The topological polar surface area (TPSA) is 34.8 Å². The Labute approximate surface area is 307 Å². The maximum absolute atomic E-state index is 7.08. The molecule has 4 aliphatic rings. The highest BCUT2D eigenvalue weighted by Gasteiger charge is 2.53. The Morgan fingerprint density at radius 1 is 0.491 bits per heavy atom. The van der Waals surface area contributed by atoms with Gasteiger partial charge in [-0.3, -0.25) is 0 Å². The van der Waals surface area contributed by atoms with E-state index in [9.17, 15) is 0 Å². The highest BCUT2D eigenvalue weighted by molar-refractivity contribution is 6.10. The minimum atomic E-state index is -0.325. The summed E-state index contributed by atoms with van der Waals surface area (Å²) in [6, 6.07) is 53.8. The fourth-order valence-electron chi connectivity index (χ4n) is 9.89. The van der Waals surface area contributed by atoms with Crippen LogP contribution in [0.5, 0.6) is 23.0 Å². The number of benzene rings is 7. The summed E-state index contributed by atoms with van der Waals surface area (Å²) in [5.74, 6) is 2.86. The highest BCUT2D eigenvalue weighted by atomic mass is 16.6. The van der Waals surface area contributed by atoms with Crippen LogP contribution in [0.25, 0.3) is 38.6 Å². The van der Waals surface area contributed by atoms with Gasteiger partial charge in [0.25, 0.3) is 0 Å². The molecule has 53 heavy (non-hydrogen) atoms. The number of ether oxygens (including phenoxy) is 2. The molecule has 4 nitrogen and oxygen atoms in total. The van der Waals surface area contributed by atoms with Crippen LogP contribution in [0.15, 0.2) is 162 Å². The predicted octanol–water partition coefficient (Wildman–Crippen LogP) is 13.6. The van der Waals surface area contributed by atoms with Crippen molar-refractivity contribution in [1.82, 2.24) is 0 Å². The first-order valence-corrected chi connectivity index (χ1v) is 18.6. The minimum absolute atomic E-state index is 0.325. The van der Waals surface area contributed by atoms with Crippen molar-refractivity contribution in [2.75, 3.05) is 4.90 Å². The van der Waals surface area contributed by atoms with Gasteiger partial charge in [0.2, 0.25) is 0 Å². The van der Waals surface area contributed by atoms with Crippen LogP contribution in [-0.2, 0) is 5.41 Å². The fourth-order valence-corrected chi connectivity index (χ4v) is 9.89. The first-order valence-electron chi connectivity index (χ1n) is 18.6. The lowest BCUT2D eigenvalue weighted by molar-refractivity contribution is 0.359. The Morgan fingerprint density at radius 2 is 1.17 bits per heavy atom. The van der Waals surface area contributed by atoms with Gasteiger partial charge < -0.3 is 18.8 Å². The maximum Gasteiger partial charge on any atom is 0.194 e. The predicted molar refractivity (Wildman–Crippen MR) is 212 cm³/mol. The largest absolute Gasteiger partial charge is 0.454 e. The number of allylic oxidation sites excluding steroid dienone is 2. The molecule has 7 aromatic carbocycles. The Morgan fingerprint density at radius 3 is 2.02 bits per heavy atom. The quantitative estimate of drug-likeness (QED) is 0.186. The summed E-state index contributed by atoms with van der Waals surface area (Å²) in [7, 11) is 0. The molecule has 0 bridgehead atoms. The molecule has 4 heteroatoms. The molecule has 1 spiro atoms. The van der Waals surface area contributed by atoms with Gasteiger partial charge in [-0.05, 0) is 119 Å². The average molecular weight is 684 g/mol. The number of anilines is 3. The number of furan rings is 1. The number of hydrogen-bond acceptors (Lipinski definition) is 4. The van der Waals surface area contributed by atoms with Crippen molar-refractivity contribution >= 4 is 44.6 Å². The van der Waals surface area contributed by atoms with E-state index in [1.165, 1.54) is 51.8 Å². The van der Waals surface area contributed by atoms with Crippen LogP contribution in [0.4, 0.5) is 17.1 Å². The molecule has 2 heterocycles. The van der Waals surface area contributed by atoms with Crippen molar-refractivity contribution in [3.63, 3.8) is 0 Å². The van der Waals surface area contributed by atoms with Gasteiger partial charge in [0, 0.05) is 16.5 Å². The maximum atomic E-state index is 7.08. The van der Waals surface area contributed by atoms with E-state index in [0.717, 1.165) is 63.3 Å². The lowest BCUT2D eigenvalue weighted by Crippen LogP contribution is -2.28. The van der Waals surface area contributed by atoms with Crippen LogP contribution < -0.4 is 14.4 Å². The number of rotatable bonds is 3. The SMILES string of the molecule is c1ccc(N(c2cccc3c2Oc2cc4c(cc2O3)C2(C3=C4CCCC3)c3ccccc3-c3ccccc32)c2cccc3c2oc2ccccc23)cc1. The summed E-state index contributed by atoms with van der Waals surface area (Å²) < 4.78 is 20.6. The number of para-hydroxylation sites is 4. The van der Waals surface area contributed by atoms with Crippen LogP contribution in [-0.4, -0.2) is 0 Å². The molecule has 0 saturated heterocycles. The molecule has 0 radical (unpaired) electrons. The summed E-state index contributed by atoms with van der Waals surface area (Å²) >= 11 is 0. The summed E-state index contributed by atoms with van der Waals surface area (Å²) in [6.45, 7) is 0. The second-order valence-electron chi connectivity index (χ2n) is 14.6. The van der Waals surface area contributed by atoms with Gasteiger partial charge in [-0.25, -0.2) is 0 Å². The van der Waals surface area contributed by atoms with Crippen LogP contribution in [0.3, 0.4) is 0 Å². The van der Waals surface area contributed by atoms with Gasteiger partial charge >= 0.3 is 0 Å². The molecular formula is C49H33NO3. The molecule has 252 valence electrons. The monoisotopic (exact) mass is 683 g/mol. The van der Waals surface area contributed by atoms with Gasteiger partial charge in [0.1, 0.15) is 5.58 Å². The lowest BCUT2D eigenvalue weighted by Gasteiger charge is -2.34. The Balaban J connectivity index is 1.05. The highest BCUT2D eigenvalue weighted by Crippen LogP contribution is 2.66. The number of fused-ring (bicyclic) bond motifs is 14. The van der Waals surface area contributed by atoms with Crippen molar-refractivity contribution in [1.29, 1.82) is 0 Å². The standard InChI is InChI=1S/C49H33NO3/c1-2-14-30(15-3-1)50(41-24-12-20-35-34-19-7-11-26-43(34)52-47(35)41)42-25-13-27-44-48(42)53-45-28-36-33-18-6-10-23-39(33)49(40(36)29-46(45)51-44)37-21-8-4-16-31(37)32-17-5-9-22-38(32)49/h1-5,7-9,11-17,19-22,24-29H,6,10,18,23H2. The zero-order valence-electron chi connectivity index (χ0n) is 28.9. The van der Waals surface area contributed by atoms with E-state index in [1.54, 1.807) is 5.57 Å². The lowest BCUT2D eigenvalue weighted by atomic mass is 9.67. The van der Waals surface area contributed by atoms with Crippen molar-refractivity contribution in [3.8, 4) is 34.1 Å². The molecule has 12 rings (SSSR count). The van der Waals surface area contributed by atoms with Gasteiger partial charge in [0.05, 0.1) is 16.8 Å². The molecule has 0 atom stereocenters. The molecule has 3 aliphatic carbocycles. The zero-order valence-corrected chi connectivity index (χ0v) is 28.9. The number of nitrogens with zero attached hydrogens (tertiary/aromatic N) is 1. The Kier molecular flexibility index (Phi) is 5.90. The molecular weight excluding hydrogens is 651 g/mol. The summed E-state index contributed by atoms with van der Waals surface area (Å²) in [5, 5.41) is 2.17. The van der Waals surface area contributed by atoms with Crippen LogP contribution in [0.1, 0.15) is 47.9 Å². The molecule has 0 unspecified atom stereocenters. The van der Waals surface area contributed by atoms with Gasteiger partial charge in [-0.2, -0.15) is 0 Å². The second-order valence-corrected chi connectivity index (χ2v) is 14.6. The first kappa shape index (κ1) is 29.1. The van der Waals surface area contributed by atoms with E-state index in [0.29, 0.717) is 11.5 Å². The van der Waals surface area contributed by atoms with E-state index in [1.807, 2.05) is 24.3 Å². The zero-order chi connectivity index (χ0) is 34.7. The third kappa shape index (κ3) is 3.85. The van der Waals surface area contributed by atoms with E-state index in [2.05, 4.69) is 132 Å². The van der Waals surface area contributed by atoms with Crippen LogP contribution in [0.2, 0.25) is 0 Å². The Hall–Kier alpha value is -6.52.